The van der Waals surface area contributed by atoms with E-state index in [9.17, 15) is 9.59 Å². The molecule has 2 amide bonds. The van der Waals surface area contributed by atoms with Gasteiger partial charge < -0.3 is 25.2 Å². The number of methoxy groups -OCH3 is 1. The molecule has 7 heteroatoms. The number of benzene rings is 1. The summed E-state index contributed by atoms with van der Waals surface area (Å²) in [4.78, 5) is 22.9. The van der Waals surface area contributed by atoms with Crippen molar-refractivity contribution in [1.82, 2.24) is 10.6 Å². The lowest BCUT2D eigenvalue weighted by molar-refractivity contribution is -0.142. The van der Waals surface area contributed by atoms with Crippen LogP contribution in [0.1, 0.15) is 37.7 Å². The van der Waals surface area contributed by atoms with Crippen molar-refractivity contribution in [1.29, 1.82) is 0 Å². The number of carbonyl (C=O) groups excluding carboxylic acids is 1. The zero-order valence-corrected chi connectivity index (χ0v) is 15.2. The highest BCUT2D eigenvalue weighted by molar-refractivity contribution is 5.74. The van der Waals surface area contributed by atoms with Crippen molar-refractivity contribution >= 4 is 12.0 Å². The molecule has 1 aromatic rings. The molecule has 2 rings (SSSR count). The largest absolute Gasteiger partial charge is 0.494 e. The number of carboxylic acids is 1. The van der Waals surface area contributed by atoms with Gasteiger partial charge in [0.05, 0.1) is 12.5 Å². The van der Waals surface area contributed by atoms with E-state index < -0.39 is 5.97 Å². The first-order valence-corrected chi connectivity index (χ1v) is 9.06. The topological polar surface area (TPSA) is 96.9 Å². The van der Waals surface area contributed by atoms with Crippen LogP contribution in [-0.4, -0.2) is 43.5 Å². The molecule has 0 unspecified atom stereocenters. The molecule has 0 radical (unpaired) electrons. The van der Waals surface area contributed by atoms with E-state index in [1.165, 1.54) is 0 Å². The second-order valence-corrected chi connectivity index (χ2v) is 6.55. The summed E-state index contributed by atoms with van der Waals surface area (Å²) in [5, 5.41) is 14.7. The van der Waals surface area contributed by atoms with E-state index in [4.69, 9.17) is 14.6 Å². The lowest BCUT2D eigenvalue weighted by Gasteiger charge is -2.26. The number of carbonyl (C=O) groups is 2. The van der Waals surface area contributed by atoms with Crippen molar-refractivity contribution in [3.05, 3.63) is 29.8 Å². The first-order valence-electron chi connectivity index (χ1n) is 9.06. The predicted octanol–water partition coefficient (Wildman–Crippen LogP) is 2.54. The molecule has 1 aliphatic carbocycles. The molecule has 26 heavy (non-hydrogen) atoms. The molecule has 0 heterocycles. The SMILES string of the molecule is COCCCOc1ccc(CNC(=O)NC2CCC(C(=O)O)CC2)cc1. The molecule has 0 aromatic heterocycles. The predicted molar refractivity (Wildman–Crippen MR) is 97.2 cm³/mol. The Morgan fingerprint density at radius 2 is 1.81 bits per heavy atom. The van der Waals surface area contributed by atoms with Gasteiger partial charge >= 0.3 is 12.0 Å². The standard InChI is InChI=1S/C19H28N2O5/c1-25-11-2-12-26-17-9-3-14(4-10-17)13-20-19(24)21-16-7-5-15(6-8-16)18(22)23/h3-4,9-10,15-16H,2,5-8,11-13H2,1H3,(H,22,23)(H2,20,21,24). The Labute approximate surface area is 154 Å². The average molecular weight is 364 g/mol. The number of nitrogens with one attached hydrogen (secondary N) is 2. The summed E-state index contributed by atoms with van der Waals surface area (Å²) in [7, 11) is 1.67. The minimum absolute atomic E-state index is 0.0495. The van der Waals surface area contributed by atoms with Crippen LogP contribution in [-0.2, 0) is 16.1 Å². The smallest absolute Gasteiger partial charge is 0.315 e. The molecule has 3 N–H and O–H groups in total. The molecule has 0 spiro atoms. The lowest BCUT2D eigenvalue weighted by Crippen LogP contribution is -2.43. The molecule has 0 bridgehead atoms. The Balaban J connectivity index is 1.65. The Hall–Kier alpha value is -2.28. The lowest BCUT2D eigenvalue weighted by atomic mass is 9.86. The minimum atomic E-state index is -0.737. The summed E-state index contributed by atoms with van der Waals surface area (Å²) in [6, 6.07) is 7.44. The first kappa shape index (κ1) is 20.0. The van der Waals surface area contributed by atoms with Crippen molar-refractivity contribution < 1.29 is 24.2 Å². The Morgan fingerprint density at radius 1 is 1.12 bits per heavy atom. The number of carboxylic acid groups (broad SMARTS) is 1. The molecular weight excluding hydrogens is 336 g/mol. The second kappa shape index (κ2) is 10.7. The highest BCUT2D eigenvalue weighted by atomic mass is 16.5. The number of urea groups is 1. The molecule has 144 valence electrons. The fourth-order valence-corrected chi connectivity index (χ4v) is 3.00. The van der Waals surface area contributed by atoms with Gasteiger partial charge in [0, 0.05) is 32.7 Å². The maximum atomic E-state index is 12.0. The molecule has 1 saturated carbocycles. The molecule has 7 nitrogen and oxygen atoms in total. The van der Waals surface area contributed by atoms with Gasteiger partial charge in [-0.1, -0.05) is 12.1 Å². The Morgan fingerprint density at radius 3 is 2.42 bits per heavy atom. The highest BCUT2D eigenvalue weighted by Crippen LogP contribution is 2.24. The molecule has 0 atom stereocenters. The minimum Gasteiger partial charge on any atom is -0.494 e. The molecule has 1 fully saturated rings. The van der Waals surface area contributed by atoms with Gasteiger partial charge in [0.2, 0.25) is 0 Å². The summed E-state index contributed by atoms with van der Waals surface area (Å²) in [5.41, 5.74) is 0.985. The summed E-state index contributed by atoms with van der Waals surface area (Å²) in [6.07, 6.45) is 3.49. The van der Waals surface area contributed by atoms with Crippen molar-refractivity contribution in [2.24, 2.45) is 5.92 Å². The fraction of sp³-hybridized carbons (Fsp3) is 0.579. The van der Waals surface area contributed by atoms with Crippen LogP contribution in [0.2, 0.25) is 0 Å². The third-order valence-corrected chi connectivity index (χ3v) is 4.55. The zero-order chi connectivity index (χ0) is 18.8. The van der Waals surface area contributed by atoms with Crippen LogP contribution >= 0.6 is 0 Å². The monoisotopic (exact) mass is 364 g/mol. The van der Waals surface area contributed by atoms with Gasteiger partial charge in [-0.05, 0) is 43.4 Å². The zero-order valence-electron chi connectivity index (χ0n) is 15.2. The molecular formula is C19H28N2O5. The normalized spacial score (nSPS) is 19.6. The van der Waals surface area contributed by atoms with Crippen LogP contribution in [0.25, 0.3) is 0 Å². The van der Waals surface area contributed by atoms with Crippen LogP contribution in [0.4, 0.5) is 4.79 Å². The number of rotatable bonds is 9. The van der Waals surface area contributed by atoms with Crippen LogP contribution in [0.15, 0.2) is 24.3 Å². The number of ether oxygens (including phenoxy) is 2. The highest BCUT2D eigenvalue weighted by Gasteiger charge is 2.26. The van der Waals surface area contributed by atoms with Gasteiger partial charge in [-0.15, -0.1) is 0 Å². The van der Waals surface area contributed by atoms with Crippen LogP contribution in [0, 0.1) is 5.92 Å². The van der Waals surface area contributed by atoms with Crippen molar-refractivity contribution in [3.63, 3.8) is 0 Å². The van der Waals surface area contributed by atoms with E-state index in [0.29, 0.717) is 45.4 Å². The molecule has 0 aliphatic heterocycles. The van der Waals surface area contributed by atoms with Gasteiger partial charge in [-0.25, -0.2) is 4.79 Å². The van der Waals surface area contributed by atoms with E-state index in [1.54, 1.807) is 7.11 Å². The fourth-order valence-electron chi connectivity index (χ4n) is 3.00. The van der Waals surface area contributed by atoms with Gasteiger partial charge in [-0.2, -0.15) is 0 Å². The average Bonchev–Trinajstić information content (AvgIpc) is 2.65. The van der Waals surface area contributed by atoms with Crippen molar-refractivity contribution in [2.75, 3.05) is 20.3 Å². The summed E-state index contributed by atoms with van der Waals surface area (Å²) in [6.45, 7) is 1.72. The number of amides is 2. The number of aliphatic carboxylic acids is 1. The van der Waals surface area contributed by atoms with Crippen molar-refractivity contribution in [2.45, 2.75) is 44.7 Å². The van der Waals surface area contributed by atoms with E-state index in [2.05, 4.69) is 10.6 Å². The summed E-state index contributed by atoms with van der Waals surface area (Å²) in [5.74, 6) is -0.213. The summed E-state index contributed by atoms with van der Waals surface area (Å²) < 4.78 is 10.6. The number of hydrogen-bond donors (Lipinski definition) is 3. The Bertz CT molecular complexity index is 568. The van der Waals surface area contributed by atoms with Gasteiger partial charge in [0.15, 0.2) is 0 Å². The van der Waals surface area contributed by atoms with E-state index in [-0.39, 0.29) is 18.0 Å². The van der Waals surface area contributed by atoms with Gasteiger partial charge in [0.1, 0.15) is 5.75 Å². The maximum Gasteiger partial charge on any atom is 0.315 e. The molecule has 1 aromatic carbocycles. The molecule has 0 saturated heterocycles. The third-order valence-electron chi connectivity index (χ3n) is 4.55. The van der Waals surface area contributed by atoms with Gasteiger partial charge in [-0.3, -0.25) is 4.79 Å². The molecule has 1 aliphatic rings. The maximum absolute atomic E-state index is 12.0. The van der Waals surface area contributed by atoms with Crippen LogP contribution in [0.3, 0.4) is 0 Å². The quantitative estimate of drug-likeness (QED) is 0.585. The van der Waals surface area contributed by atoms with E-state index in [0.717, 1.165) is 17.7 Å². The van der Waals surface area contributed by atoms with E-state index >= 15 is 0 Å². The number of hydrogen-bond acceptors (Lipinski definition) is 4. The second-order valence-electron chi connectivity index (χ2n) is 6.55. The van der Waals surface area contributed by atoms with E-state index in [1.807, 2.05) is 24.3 Å². The Kier molecular flexibility index (Phi) is 8.21. The van der Waals surface area contributed by atoms with Crippen LogP contribution in [0.5, 0.6) is 5.75 Å². The van der Waals surface area contributed by atoms with Crippen LogP contribution < -0.4 is 15.4 Å². The first-order chi connectivity index (χ1) is 12.6. The van der Waals surface area contributed by atoms with Gasteiger partial charge in [0.25, 0.3) is 0 Å². The van der Waals surface area contributed by atoms with Crippen molar-refractivity contribution in [3.8, 4) is 5.75 Å². The summed E-state index contributed by atoms with van der Waals surface area (Å²) >= 11 is 0. The third kappa shape index (κ3) is 6.92.